The Morgan fingerprint density at radius 3 is 2.30 bits per heavy atom. The van der Waals surface area contributed by atoms with Crippen molar-refractivity contribution in [3.63, 3.8) is 0 Å². The molecule has 0 aliphatic carbocycles. The number of hydrogen-bond acceptors (Lipinski definition) is 4. The number of nitrogens with two attached hydrogens (primary N) is 1. The van der Waals surface area contributed by atoms with Gasteiger partial charge in [-0.2, -0.15) is 0 Å². The van der Waals surface area contributed by atoms with Crippen LogP contribution in [0.4, 0.5) is 0 Å². The normalized spacial score (nSPS) is 18.3. The van der Waals surface area contributed by atoms with Crippen molar-refractivity contribution in [2.45, 2.75) is 38.3 Å². The Kier molecular flexibility index (Phi) is 7.77. The van der Waals surface area contributed by atoms with Gasteiger partial charge in [-0.3, -0.25) is 14.5 Å². The van der Waals surface area contributed by atoms with Crippen LogP contribution >= 0.6 is 23.2 Å². The molecule has 2 aromatic carbocycles. The third kappa shape index (κ3) is 5.10. The quantitative estimate of drug-likeness (QED) is 0.482. The van der Waals surface area contributed by atoms with Gasteiger partial charge in [-0.05, 0) is 62.5 Å². The highest BCUT2D eigenvalue weighted by Gasteiger charge is 2.32. The lowest BCUT2D eigenvalue weighted by atomic mass is 9.89. The zero-order valence-electron chi connectivity index (χ0n) is 21.0. The van der Waals surface area contributed by atoms with Gasteiger partial charge in [0.15, 0.2) is 0 Å². The van der Waals surface area contributed by atoms with Crippen LogP contribution in [0.5, 0.6) is 0 Å². The molecule has 5 rings (SSSR count). The van der Waals surface area contributed by atoms with Gasteiger partial charge in [0, 0.05) is 46.1 Å². The molecule has 0 radical (unpaired) electrons. The second kappa shape index (κ2) is 11.0. The molecule has 1 aromatic heterocycles. The van der Waals surface area contributed by atoms with Gasteiger partial charge in [-0.25, -0.2) is 0 Å². The summed E-state index contributed by atoms with van der Waals surface area (Å²) in [4.78, 5) is 30.5. The van der Waals surface area contributed by atoms with Crippen molar-refractivity contribution in [1.29, 1.82) is 0 Å². The van der Waals surface area contributed by atoms with E-state index in [1.54, 1.807) is 6.92 Å². The Labute approximate surface area is 227 Å². The number of fused-ring (bicyclic) bond motifs is 1. The van der Waals surface area contributed by atoms with Crippen molar-refractivity contribution in [1.82, 2.24) is 14.4 Å². The molecule has 7 nitrogen and oxygen atoms in total. The van der Waals surface area contributed by atoms with E-state index in [0.29, 0.717) is 54.5 Å². The monoisotopic (exact) mass is 542 g/mol. The van der Waals surface area contributed by atoms with E-state index in [2.05, 4.69) is 4.90 Å². The lowest BCUT2D eigenvalue weighted by Gasteiger charge is -2.33. The predicted octanol–water partition coefficient (Wildman–Crippen LogP) is 4.85. The van der Waals surface area contributed by atoms with Crippen LogP contribution in [0.15, 0.2) is 42.5 Å². The van der Waals surface area contributed by atoms with Gasteiger partial charge >= 0.3 is 0 Å². The number of piperidine rings is 1. The number of benzene rings is 2. The van der Waals surface area contributed by atoms with Crippen LogP contribution in [0.1, 0.15) is 53.3 Å². The number of primary amides is 1. The molecule has 3 heterocycles. The third-order valence-electron chi connectivity index (χ3n) is 7.69. The van der Waals surface area contributed by atoms with Gasteiger partial charge in [-0.15, -0.1) is 0 Å². The fraction of sp³-hybridized carbons (Fsp3) is 0.429. The SMILES string of the molecule is CC(C(N)=O)n1c(C(=O)N2CCOCC2)c(CN2CCC(c3c(Cl)cccc3Cl)CC2)c2ccccc21. The summed E-state index contributed by atoms with van der Waals surface area (Å²) in [6, 6.07) is 12.9. The number of carbonyl (C=O) groups is 2. The second-order valence-corrected chi connectivity index (χ2v) is 10.7. The molecular formula is C28H32Cl2N4O3. The van der Waals surface area contributed by atoms with Crippen LogP contribution in [0.25, 0.3) is 10.9 Å². The number of aromatic nitrogens is 1. The lowest BCUT2D eigenvalue weighted by Crippen LogP contribution is -2.42. The number of ether oxygens (including phenoxy) is 1. The van der Waals surface area contributed by atoms with E-state index in [-0.39, 0.29) is 5.91 Å². The van der Waals surface area contributed by atoms with Crippen molar-refractivity contribution in [3.05, 3.63) is 69.3 Å². The molecule has 196 valence electrons. The first-order valence-corrected chi connectivity index (χ1v) is 13.6. The molecule has 2 aliphatic rings. The van der Waals surface area contributed by atoms with Gasteiger partial charge in [0.2, 0.25) is 5.91 Å². The van der Waals surface area contributed by atoms with Crippen LogP contribution in [0.2, 0.25) is 10.0 Å². The summed E-state index contributed by atoms with van der Waals surface area (Å²) in [6.45, 7) is 6.12. The molecule has 2 N–H and O–H groups in total. The van der Waals surface area contributed by atoms with E-state index in [1.165, 1.54) is 0 Å². The molecule has 2 aliphatic heterocycles. The molecule has 2 saturated heterocycles. The Balaban J connectivity index is 1.49. The van der Waals surface area contributed by atoms with Crippen LogP contribution in [0, 0.1) is 0 Å². The Morgan fingerprint density at radius 1 is 1.00 bits per heavy atom. The molecular weight excluding hydrogens is 511 g/mol. The second-order valence-electron chi connectivity index (χ2n) is 9.88. The first-order chi connectivity index (χ1) is 17.9. The molecule has 0 bridgehead atoms. The summed E-state index contributed by atoms with van der Waals surface area (Å²) >= 11 is 13.0. The fourth-order valence-electron chi connectivity index (χ4n) is 5.67. The number of amides is 2. The summed E-state index contributed by atoms with van der Waals surface area (Å²) < 4.78 is 7.31. The van der Waals surface area contributed by atoms with E-state index in [4.69, 9.17) is 33.7 Å². The van der Waals surface area contributed by atoms with Crippen LogP contribution in [-0.4, -0.2) is 65.6 Å². The number of halogens is 2. The van der Waals surface area contributed by atoms with Gasteiger partial charge in [-0.1, -0.05) is 47.5 Å². The molecule has 2 fully saturated rings. The minimum Gasteiger partial charge on any atom is -0.378 e. The van der Waals surface area contributed by atoms with E-state index >= 15 is 0 Å². The van der Waals surface area contributed by atoms with Crippen molar-refractivity contribution >= 4 is 45.9 Å². The number of nitrogens with zero attached hydrogens (tertiary/aromatic N) is 3. The maximum Gasteiger partial charge on any atom is 0.271 e. The smallest absolute Gasteiger partial charge is 0.271 e. The Morgan fingerprint density at radius 2 is 1.65 bits per heavy atom. The first-order valence-electron chi connectivity index (χ1n) is 12.8. The highest BCUT2D eigenvalue weighted by atomic mass is 35.5. The van der Waals surface area contributed by atoms with E-state index in [0.717, 1.165) is 48.0 Å². The molecule has 3 aromatic rings. The topological polar surface area (TPSA) is 80.8 Å². The third-order valence-corrected chi connectivity index (χ3v) is 8.35. The number of likely N-dealkylation sites (tertiary alicyclic amines) is 1. The van der Waals surface area contributed by atoms with E-state index in [9.17, 15) is 9.59 Å². The van der Waals surface area contributed by atoms with Crippen molar-refractivity contribution < 1.29 is 14.3 Å². The van der Waals surface area contributed by atoms with Gasteiger partial charge in [0.1, 0.15) is 11.7 Å². The zero-order chi connectivity index (χ0) is 26.1. The van der Waals surface area contributed by atoms with Crippen molar-refractivity contribution in [2.24, 2.45) is 5.73 Å². The maximum atomic E-state index is 13.9. The van der Waals surface area contributed by atoms with Crippen molar-refractivity contribution in [2.75, 3.05) is 39.4 Å². The maximum absolute atomic E-state index is 13.9. The summed E-state index contributed by atoms with van der Waals surface area (Å²) in [5, 5.41) is 2.41. The number of hydrogen-bond donors (Lipinski definition) is 1. The van der Waals surface area contributed by atoms with Crippen LogP contribution < -0.4 is 5.73 Å². The van der Waals surface area contributed by atoms with E-state index < -0.39 is 11.9 Å². The standard InChI is InChI=1S/C28H32Cl2N4O3/c1-18(27(31)35)34-24-8-3-2-5-20(24)21(26(34)28(36)33-13-15-37-16-14-33)17-32-11-9-19(10-12-32)25-22(29)6-4-7-23(25)30/h2-8,18-19H,9-17H2,1H3,(H2,31,35). The largest absolute Gasteiger partial charge is 0.378 e. The molecule has 1 atom stereocenters. The van der Waals surface area contributed by atoms with Gasteiger partial charge in [0.05, 0.1) is 13.2 Å². The molecule has 1 unspecified atom stereocenters. The molecule has 9 heteroatoms. The van der Waals surface area contributed by atoms with Gasteiger partial charge < -0.3 is 19.9 Å². The summed E-state index contributed by atoms with van der Waals surface area (Å²) in [5.41, 5.74) is 9.12. The summed E-state index contributed by atoms with van der Waals surface area (Å²) in [7, 11) is 0. The van der Waals surface area contributed by atoms with Crippen LogP contribution in [0.3, 0.4) is 0 Å². The number of rotatable bonds is 6. The highest BCUT2D eigenvalue weighted by molar-refractivity contribution is 6.36. The molecule has 2 amide bonds. The lowest BCUT2D eigenvalue weighted by molar-refractivity contribution is -0.120. The minimum atomic E-state index is -0.660. The number of morpholine rings is 1. The van der Waals surface area contributed by atoms with Crippen molar-refractivity contribution in [3.8, 4) is 0 Å². The average molecular weight is 543 g/mol. The fourth-order valence-corrected chi connectivity index (χ4v) is 6.38. The summed E-state index contributed by atoms with van der Waals surface area (Å²) in [5.74, 6) is -0.260. The predicted molar refractivity (Wildman–Crippen MR) is 146 cm³/mol. The number of para-hydroxylation sites is 1. The average Bonchev–Trinajstić information content (AvgIpc) is 3.23. The molecule has 0 spiro atoms. The van der Waals surface area contributed by atoms with Gasteiger partial charge in [0.25, 0.3) is 5.91 Å². The summed E-state index contributed by atoms with van der Waals surface area (Å²) in [6.07, 6.45) is 1.85. The Hall–Kier alpha value is -2.58. The molecule has 37 heavy (non-hydrogen) atoms. The first kappa shape index (κ1) is 26.0. The Bertz CT molecular complexity index is 1290. The molecule has 0 saturated carbocycles. The minimum absolute atomic E-state index is 0.0830. The van der Waals surface area contributed by atoms with Crippen LogP contribution in [-0.2, 0) is 16.1 Å². The zero-order valence-corrected chi connectivity index (χ0v) is 22.5. The number of carbonyl (C=O) groups excluding carboxylic acids is 2. The van der Waals surface area contributed by atoms with E-state index in [1.807, 2.05) is 51.9 Å². The highest BCUT2D eigenvalue weighted by Crippen LogP contribution is 2.39.